The van der Waals surface area contributed by atoms with E-state index in [0.717, 1.165) is 25.9 Å². The lowest BCUT2D eigenvalue weighted by molar-refractivity contribution is 0.0707. The Morgan fingerprint density at radius 2 is 1.85 bits per heavy atom. The molecule has 0 aromatic heterocycles. The van der Waals surface area contributed by atoms with E-state index in [1.54, 1.807) is 12.1 Å². The molecule has 0 aliphatic carbocycles. The Morgan fingerprint density at radius 3 is 2.30 bits per heavy atom. The summed E-state index contributed by atoms with van der Waals surface area (Å²) in [7, 11) is 3.45. The summed E-state index contributed by atoms with van der Waals surface area (Å²) in [6.07, 6.45) is 1.92. The molecule has 0 saturated carbocycles. The molecule has 20 heavy (non-hydrogen) atoms. The molecular formula is C14H18Cl2N2O2. The molecule has 1 fully saturated rings. The number of carbonyl (C=O) groups excluding carboxylic acids is 1. The van der Waals surface area contributed by atoms with Crippen LogP contribution >= 0.6 is 23.2 Å². The quantitative estimate of drug-likeness (QED) is 0.932. The van der Waals surface area contributed by atoms with Crippen molar-refractivity contribution in [1.82, 2.24) is 10.2 Å². The lowest BCUT2D eigenvalue weighted by Crippen LogP contribution is -2.43. The second kappa shape index (κ2) is 6.66. The first-order valence-corrected chi connectivity index (χ1v) is 7.32. The molecule has 0 bridgehead atoms. The molecule has 4 nitrogen and oxygen atoms in total. The average Bonchev–Trinajstić information content (AvgIpc) is 2.46. The zero-order valence-electron chi connectivity index (χ0n) is 11.6. The Hall–Kier alpha value is -0.970. The molecule has 1 aliphatic heterocycles. The molecule has 1 aliphatic rings. The fourth-order valence-corrected chi connectivity index (χ4v) is 3.07. The molecule has 2 rings (SSSR count). The zero-order chi connectivity index (χ0) is 14.7. The third-order valence-electron chi connectivity index (χ3n) is 3.64. The summed E-state index contributed by atoms with van der Waals surface area (Å²) in [4.78, 5) is 14.3. The van der Waals surface area contributed by atoms with Gasteiger partial charge in [0.05, 0.1) is 17.2 Å². The first kappa shape index (κ1) is 15.4. The highest BCUT2D eigenvalue weighted by atomic mass is 35.5. The fourth-order valence-electron chi connectivity index (χ4n) is 2.43. The third kappa shape index (κ3) is 3.19. The van der Waals surface area contributed by atoms with Crippen LogP contribution in [0.1, 0.15) is 23.2 Å². The van der Waals surface area contributed by atoms with Gasteiger partial charge in [0.15, 0.2) is 5.75 Å². The van der Waals surface area contributed by atoms with Crippen molar-refractivity contribution in [3.05, 3.63) is 27.7 Å². The van der Waals surface area contributed by atoms with E-state index in [4.69, 9.17) is 27.9 Å². The van der Waals surface area contributed by atoms with Gasteiger partial charge in [0, 0.05) is 24.7 Å². The third-order valence-corrected chi connectivity index (χ3v) is 4.20. The molecule has 0 atom stereocenters. The molecule has 0 radical (unpaired) electrons. The summed E-state index contributed by atoms with van der Waals surface area (Å²) in [5, 5.41) is 3.95. The number of piperidine rings is 1. The number of hydrogen-bond acceptors (Lipinski definition) is 3. The number of benzene rings is 1. The summed E-state index contributed by atoms with van der Waals surface area (Å²) in [6, 6.07) is 3.71. The molecule has 1 amide bonds. The second-order valence-electron chi connectivity index (χ2n) is 4.83. The van der Waals surface area contributed by atoms with Crippen LogP contribution in [0.3, 0.4) is 0 Å². The standard InChI is InChI=1S/C14H18Cl2N2O2/c1-17-10-3-5-18(6-4-10)14(19)9-7-11(15)13(20-2)12(16)8-9/h7-8,10,17H,3-6H2,1-2H3. The van der Waals surface area contributed by atoms with Gasteiger partial charge in [0.25, 0.3) is 5.91 Å². The largest absolute Gasteiger partial charge is 0.494 e. The Morgan fingerprint density at radius 1 is 1.30 bits per heavy atom. The molecular weight excluding hydrogens is 299 g/mol. The topological polar surface area (TPSA) is 41.6 Å². The van der Waals surface area contributed by atoms with Gasteiger partial charge in [0.1, 0.15) is 0 Å². The van der Waals surface area contributed by atoms with Crippen molar-refractivity contribution in [2.45, 2.75) is 18.9 Å². The van der Waals surface area contributed by atoms with E-state index in [9.17, 15) is 4.79 Å². The highest BCUT2D eigenvalue weighted by Crippen LogP contribution is 2.34. The van der Waals surface area contributed by atoms with Crippen molar-refractivity contribution in [2.24, 2.45) is 0 Å². The Bertz CT molecular complexity index is 477. The van der Waals surface area contributed by atoms with Crippen LogP contribution in [0.25, 0.3) is 0 Å². The van der Waals surface area contributed by atoms with Crippen LogP contribution in [-0.2, 0) is 0 Å². The van der Waals surface area contributed by atoms with Crippen LogP contribution in [0.2, 0.25) is 10.0 Å². The van der Waals surface area contributed by atoms with Gasteiger partial charge in [-0.05, 0) is 32.0 Å². The molecule has 6 heteroatoms. The van der Waals surface area contributed by atoms with Gasteiger partial charge in [-0.1, -0.05) is 23.2 Å². The van der Waals surface area contributed by atoms with Crippen LogP contribution in [0.15, 0.2) is 12.1 Å². The average molecular weight is 317 g/mol. The lowest BCUT2D eigenvalue weighted by atomic mass is 10.0. The lowest BCUT2D eigenvalue weighted by Gasteiger charge is -2.32. The van der Waals surface area contributed by atoms with Crippen LogP contribution < -0.4 is 10.1 Å². The number of likely N-dealkylation sites (tertiary alicyclic amines) is 1. The van der Waals surface area contributed by atoms with E-state index >= 15 is 0 Å². The van der Waals surface area contributed by atoms with Gasteiger partial charge in [-0.3, -0.25) is 4.79 Å². The monoisotopic (exact) mass is 316 g/mol. The van der Waals surface area contributed by atoms with Crippen LogP contribution in [0.4, 0.5) is 0 Å². The smallest absolute Gasteiger partial charge is 0.253 e. The SMILES string of the molecule is CNC1CCN(C(=O)c2cc(Cl)c(OC)c(Cl)c2)CC1. The number of methoxy groups -OCH3 is 1. The number of rotatable bonds is 3. The maximum Gasteiger partial charge on any atom is 0.253 e. The maximum absolute atomic E-state index is 12.4. The van der Waals surface area contributed by atoms with E-state index < -0.39 is 0 Å². The number of nitrogens with one attached hydrogen (secondary N) is 1. The maximum atomic E-state index is 12.4. The predicted molar refractivity (Wildman–Crippen MR) is 81.0 cm³/mol. The minimum absolute atomic E-state index is 0.0361. The van der Waals surface area contributed by atoms with Crippen molar-refractivity contribution in [1.29, 1.82) is 0 Å². The van der Waals surface area contributed by atoms with E-state index in [2.05, 4.69) is 5.32 Å². The molecule has 1 heterocycles. The van der Waals surface area contributed by atoms with Crippen LogP contribution in [0.5, 0.6) is 5.75 Å². The highest BCUT2D eigenvalue weighted by molar-refractivity contribution is 6.37. The molecule has 110 valence electrons. The van der Waals surface area contributed by atoms with Crippen molar-refractivity contribution < 1.29 is 9.53 Å². The summed E-state index contributed by atoms with van der Waals surface area (Å²) >= 11 is 12.1. The normalized spacial score (nSPS) is 16.3. The second-order valence-corrected chi connectivity index (χ2v) is 5.64. The van der Waals surface area contributed by atoms with Crippen LogP contribution in [-0.4, -0.2) is 44.1 Å². The minimum Gasteiger partial charge on any atom is -0.494 e. The van der Waals surface area contributed by atoms with Crippen LogP contribution in [0, 0.1) is 0 Å². The molecule has 0 unspecified atom stereocenters. The highest BCUT2D eigenvalue weighted by Gasteiger charge is 2.24. The first-order chi connectivity index (χ1) is 9.56. The Kier molecular flexibility index (Phi) is 5.13. The number of ether oxygens (including phenoxy) is 1. The molecule has 1 N–H and O–H groups in total. The predicted octanol–water partition coefficient (Wildman–Crippen LogP) is 2.83. The summed E-state index contributed by atoms with van der Waals surface area (Å²) in [5.41, 5.74) is 0.503. The molecule has 1 aromatic carbocycles. The Labute approximate surface area is 129 Å². The molecule has 1 saturated heterocycles. The van der Waals surface area contributed by atoms with Crippen molar-refractivity contribution >= 4 is 29.1 Å². The number of nitrogens with zero attached hydrogens (tertiary/aromatic N) is 1. The van der Waals surface area contributed by atoms with Gasteiger partial charge in [-0.2, -0.15) is 0 Å². The van der Waals surface area contributed by atoms with Gasteiger partial charge in [0.2, 0.25) is 0 Å². The van der Waals surface area contributed by atoms with E-state index in [1.165, 1.54) is 7.11 Å². The summed E-state index contributed by atoms with van der Waals surface area (Å²) < 4.78 is 5.09. The number of amides is 1. The van der Waals surface area contributed by atoms with Crippen molar-refractivity contribution in [2.75, 3.05) is 27.2 Å². The van der Waals surface area contributed by atoms with E-state index in [0.29, 0.717) is 27.4 Å². The van der Waals surface area contributed by atoms with Crippen molar-refractivity contribution in [3.63, 3.8) is 0 Å². The molecule has 0 spiro atoms. The number of carbonyl (C=O) groups is 1. The van der Waals surface area contributed by atoms with E-state index in [-0.39, 0.29) is 5.91 Å². The van der Waals surface area contributed by atoms with Gasteiger partial charge < -0.3 is 15.0 Å². The zero-order valence-corrected chi connectivity index (χ0v) is 13.1. The van der Waals surface area contributed by atoms with Gasteiger partial charge in [-0.15, -0.1) is 0 Å². The van der Waals surface area contributed by atoms with E-state index in [1.807, 2.05) is 11.9 Å². The summed E-state index contributed by atoms with van der Waals surface area (Å²) in [6.45, 7) is 1.48. The number of halogens is 2. The Balaban J connectivity index is 2.14. The minimum atomic E-state index is -0.0361. The fraction of sp³-hybridized carbons (Fsp3) is 0.500. The number of hydrogen-bond donors (Lipinski definition) is 1. The van der Waals surface area contributed by atoms with Gasteiger partial charge >= 0.3 is 0 Å². The molecule has 1 aromatic rings. The van der Waals surface area contributed by atoms with Crippen molar-refractivity contribution in [3.8, 4) is 5.75 Å². The first-order valence-electron chi connectivity index (χ1n) is 6.56. The summed E-state index contributed by atoms with van der Waals surface area (Å²) in [5.74, 6) is 0.366. The van der Waals surface area contributed by atoms with Gasteiger partial charge in [-0.25, -0.2) is 0 Å².